The Bertz CT molecular complexity index is 207. The van der Waals surface area contributed by atoms with Crippen LogP contribution in [0.15, 0.2) is 0 Å². The Labute approximate surface area is 108 Å². The van der Waals surface area contributed by atoms with Gasteiger partial charge in [0, 0.05) is 18.6 Å². The molecule has 1 heterocycles. The minimum absolute atomic E-state index is 0.470. The molecule has 2 unspecified atom stereocenters. The summed E-state index contributed by atoms with van der Waals surface area (Å²) < 4.78 is 0. The van der Waals surface area contributed by atoms with Gasteiger partial charge in [0.15, 0.2) is 0 Å². The van der Waals surface area contributed by atoms with Gasteiger partial charge in [0.05, 0.1) is 0 Å². The van der Waals surface area contributed by atoms with Crippen LogP contribution in [-0.2, 0) is 0 Å². The van der Waals surface area contributed by atoms with Crippen LogP contribution < -0.4 is 5.32 Å². The fourth-order valence-electron chi connectivity index (χ4n) is 2.61. The SMILES string of the molecule is CCN1CCCC(NC(C)CCC(C)(C)C)C1. The lowest BCUT2D eigenvalue weighted by Gasteiger charge is -2.34. The average molecular weight is 240 g/mol. The number of hydrogen-bond acceptors (Lipinski definition) is 2. The van der Waals surface area contributed by atoms with Crippen molar-refractivity contribution < 1.29 is 0 Å². The van der Waals surface area contributed by atoms with E-state index in [4.69, 9.17) is 0 Å². The van der Waals surface area contributed by atoms with Gasteiger partial charge in [0.2, 0.25) is 0 Å². The molecule has 17 heavy (non-hydrogen) atoms. The fourth-order valence-corrected chi connectivity index (χ4v) is 2.61. The predicted molar refractivity (Wildman–Crippen MR) is 76.4 cm³/mol. The van der Waals surface area contributed by atoms with E-state index in [0.29, 0.717) is 11.5 Å². The minimum Gasteiger partial charge on any atom is -0.310 e. The van der Waals surface area contributed by atoms with Crippen LogP contribution in [0.3, 0.4) is 0 Å². The normalized spacial score (nSPS) is 24.9. The molecule has 0 saturated carbocycles. The molecule has 0 aromatic heterocycles. The molecule has 0 amide bonds. The topological polar surface area (TPSA) is 15.3 Å². The number of rotatable bonds is 5. The molecule has 1 aliphatic rings. The first-order chi connectivity index (χ1) is 7.90. The summed E-state index contributed by atoms with van der Waals surface area (Å²) in [5, 5.41) is 3.81. The highest BCUT2D eigenvalue weighted by Crippen LogP contribution is 2.22. The first-order valence-electron chi connectivity index (χ1n) is 7.39. The molecule has 1 rings (SSSR count). The lowest BCUT2D eigenvalue weighted by molar-refractivity contribution is 0.187. The van der Waals surface area contributed by atoms with E-state index in [1.165, 1.54) is 45.3 Å². The molecule has 0 aliphatic carbocycles. The number of likely N-dealkylation sites (N-methyl/N-ethyl adjacent to an activating group) is 1. The number of piperidine rings is 1. The van der Waals surface area contributed by atoms with Gasteiger partial charge < -0.3 is 10.2 Å². The molecule has 1 aliphatic heterocycles. The van der Waals surface area contributed by atoms with Crippen molar-refractivity contribution in [3.8, 4) is 0 Å². The molecule has 0 spiro atoms. The third kappa shape index (κ3) is 6.42. The van der Waals surface area contributed by atoms with Gasteiger partial charge in [-0.1, -0.05) is 27.7 Å². The zero-order valence-corrected chi connectivity index (χ0v) is 12.6. The van der Waals surface area contributed by atoms with E-state index in [-0.39, 0.29) is 0 Å². The summed E-state index contributed by atoms with van der Waals surface area (Å²) in [4.78, 5) is 2.57. The maximum Gasteiger partial charge on any atom is 0.0197 e. The van der Waals surface area contributed by atoms with E-state index >= 15 is 0 Å². The summed E-state index contributed by atoms with van der Waals surface area (Å²) in [6.07, 6.45) is 5.32. The van der Waals surface area contributed by atoms with Crippen LogP contribution in [0, 0.1) is 5.41 Å². The highest BCUT2D eigenvalue weighted by molar-refractivity contribution is 4.80. The average Bonchev–Trinajstić information content (AvgIpc) is 2.26. The Balaban J connectivity index is 2.23. The van der Waals surface area contributed by atoms with Gasteiger partial charge in [-0.05, 0) is 51.1 Å². The van der Waals surface area contributed by atoms with Crippen molar-refractivity contribution >= 4 is 0 Å². The summed E-state index contributed by atoms with van der Waals surface area (Å²) in [6, 6.07) is 1.38. The van der Waals surface area contributed by atoms with E-state index < -0.39 is 0 Å². The second-order valence-corrected chi connectivity index (χ2v) is 6.90. The highest BCUT2D eigenvalue weighted by atomic mass is 15.2. The summed E-state index contributed by atoms with van der Waals surface area (Å²) in [6.45, 7) is 15.4. The maximum absolute atomic E-state index is 3.81. The smallest absolute Gasteiger partial charge is 0.0197 e. The second kappa shape index (κ2) is 6.75. The summed E-state index contributed by atoms with van der Waals surface area (Å²) in [5.41, 5.74) is 0.470. The summed E-state index contributed by atoms with van der Waals surface area (Å²) >= 11 is 0. The summed E-state index contributed by atoms with van der Waals surface area (Å²) in [7, 11) is 0. The van der Waals surface area contributed by atoms with Crippen molar-refractivity contribution in [1.82, 2.24) is 10.2 Å². The predicted octanol–water partition coefficient (Wildman–Crippen LogP) is 3.28. The number of hydrogen-bond donors (Lipinski definition) is 1. The Morgan fingerprint density at radius 3 is 2.65 bits per heavy atom. The van der Waals surface area contributed by atoms with E-state index in [2.05, 4.69) is 44.8 Å². The van der Waals surface area contributed by atoms with Gasteiger partial charge in [0.1, 0.15) is 0 Å². The highest BCUT2D eigenvalue weighted by Gasteiger charge is 2.20. The van der Waals surface area contributed by atoms with Crippen LogP contribution in [0.4, 0.5) is 0 Å². The van der Waals surface area contributed by atoms with Crippen molar-refractivity contribution in [3.05, 3.63) is 0 Å². The Kier molecular flexibility index (Phi) is 5.94. The van der Waals surface area contributed by atoms with E-state index in [1.54, 1.807) is 0 Å². The van der Waals surface area contributed by atoms with Gasteiger partial charge >= 0.3 is 0 Å². The molecule has 2 nitrogen and oxygen atoms in total. The Hall–Kier alpha value is -0.0800. The Morgan fingerprint density at radius 2 is 2.06 bits per heavy atom. The van der Waals surface area contributed by atoms with E-state index in [9.17, 15) is 0 Å². The Morgan fingerprint density at radius 1 is 1.35 bits per heavy atom. The summed E-state index contributed by atoms with van der Waals surface area (Å²) in [5.74, 6) is 0. The maximum atomic E-state index is 3.81. The number of nitrogens with zero attached hydrogens (tertiary/aromatic N) is 1. The second-order valence-electron chi connectivity index (χ2n) is 6.90. The largest absolute Gasteiger partial charge is 0.310 e. The van der Waals surface area contributed by atoms with Crippen LogP contribution in [0.25, 0.3) is 0 Å². The van der Waals surface area contributed by atoms with Gasteiger partial charge in [-0.25, -0.2) is 0 Å². The monoisotopic (exact) mass is 240 g/mol. The molecule has 1 fully saturated rings. The number of nitrogens with one attached hydrogen (secondary N) is 1. The molecule has 1 N–H and O–H groups in total. The van der Waals surface area contributed by atoms with Crippen LogP contribution in [0.1, 0.15) is 60.3 Å². The molecular weight excluding hydrogens is 208 g/mol. The lowest BCUT2D eigenvalue weighted by atomic mass is 9.89. The van der Waals surface area contributed by atoms with Crippen LogP contribution in [0.5, 0.6) is 0 Å². The van der Waals surface area contributed by atoms with Gasteiger partial charge in [0.25, 0.3) is 0 Å². The van der Waals surface area contributed by atoms with Crippen LogP contribution in [-0.4, -0.2) is 36.6 Å². The standard InChI is InChI=1S/C15H32N2/c1-6-17-11-7-8-14(12-17)16-13(2)9-10-15(3,4)5/h13-14,16H,6-12H2,1-5H3. The van der Waals surface area contributed by atoms with Gasteiger partial charge in [-0.3, -0.25) is 0 Å². The van der Waals surface area contributed by atoms with E-state index in [1.807, 2.05) is 0 Å². The van der Waals surface area contributed by atoms with Crippen molar-refractivity contribution in [2.24, 2.45) is 5.41 Å². The molecule has 0 bridgehead atoms. The first-order valence-corrected chi connectivity index (χ1v) is 7.39. The van der Waals surface area contributed by atoms with Crippen molar-refractivity contribution in [1.29, 1.82) is 0 Å². The molecule has 1 saturated heterocycles. The zero-order valence-electron chi connectivity index (χ0n) is 12.6. The molecule has 2 heteroatoms. The third-order valence-corrected chi connectivity index (χ3v) is 3.80. The van der Waals surface area contributed by atoms with Gasteiger partial charge in [-0.15, -0.1) is 0 Å². The quantitative estimate of drug-likeness (QED) is 0.793. The number of likely N-dealkylation sites (tertiary alicyclic amines) is 1. The van der Waals surface area contributed by atoms with Crippen molar-refractivity contribution in [2.75, 3.05) is 19.6 Å². The zero-order chi connectivity index (χ0) is 12.9. The molecule has 102 valence electrons. The van der Waals surface area contributed by atoms with Gasteiger partial charge in [-0.2, -0.15) is 0 Å². The molecule has 0 radical (unpaired) electrons. The molecular formula is C15H32N2. The minimum atomic E-state index is 0.470. The first kappa shape index (κ1) is 15.0. The van der Waals surface area contributed by atoms with Crippen LogP contribution >= 0.6 is 0 Å². The van der Waals surface area contributed by atoms with Crippen molar-refractivity contribution in [2.45, 2.75) is 72.4 Å². The molecule has 2 atom stereocenters. The lowest BCUT2D eigenvalue weighted by Crippen LogP contribution is -2.48. The third-order valence-electron chi connectivity index (χ3n) is 3.80. The van der Waals surface area contributed by atoms with E-state index in [0.717, 1.165) is 6.04 Å². The van der Waals surface area contributed by atoms with Crippen LogP contribution in [0.2, 0.25) is 0 Å². The van der Waals surface area contributed by atoms with Crippen molar-refractivity contribution in [3.63, 3.8) is 0 Å². The fraction of sp³-hybridized carbons (Fsp3) is 1.00. The molecule has 0 aromatic carbocycles. The molecule has 0 aromatic rings.